The second kappa shape index (κ2) is 7.83. The van der Waals surface area contributed by atoms with Gasteiger partial charge in [0.1, 0.15) is 10.8 Å². The van der Waals surface area contributed by atoms with E-state index in [1.54, 1.807) is 17.0 Å². The van der Waals surface area contributed by atoms with Gasteiger partial charge in [-0.2, -0.15) is 0 Å². The first-order chi connectivity index (χ1) is 11.7. The quantitative estimate of drug-likeness (QED) is 0.763. The predicted octanol–water partition coefficient (Wildman–Crippen LogP) is 4.67. The van der Waals surface area contributed by atoms with Gasteiger partial charge in [0.05, 0.1) is 0 Å². The summed E-state index contributed by atoms with van der Waals surface area (Å²) >= 11 is 1.37. The zero-order chi connectivity index (χ0) is 16.9. The average Bonchev–Trinajstić information content (AvgIpc) is 3.26. The minimum absolute atomic E-state index is 0.117. The molecule has 1 aliphatic carbocycles. The summed E-state index contributed by atoms with van der Waals surface area (Å²) in [5.41, 5.74) is 0.814. The molecule has 1 aliphatic rings. The fraction of sp³-hybridized carbons (Fsp3) is 0.500. The minimum atomic E-state index is -0.277. The Morgan fingerprint density at radius 1 is 1.25 bits per heavy atom. The molecule has 1 amide bonds. The highest BCUT2D eigenvalue weighted by Gasteiger charge is 2.21. The summed E-state index contributed by atoms with van der Waals surface area (Å²) in [6.07, 6.45) is 6.66. The van der Waals surface area contributed by atoms with Crippen LogP contribution in [0.3, 0.4) is 0 Å². The number of benzene rings is 1. The van der Waals surface area contributed by atoms with Crippen LogP contribution in [0.2, 0.25) is 0 Å². The van der Waals surface area contributed by atoms with Crippen molar-refractivity contribution >= 4 is 22.4 Å². The molecule has 1 heterocycles. The van der Waals surface area contributed by atoms with Crippen molar-refractivity contribution in [1.82, 2.24) is 10.2 Å². The maximum atomic E-state index is 13.0. The number of hydrogen-bond donors (Lipinski definition) is 0. The van der Waals surface area contributed by atoms with Crippen molar-refractivity contribution in [2.45, 2.75) is 45.4 Å². The molecule has 0 bridgehead atoms. The van der Waals surface area contributed by atoms with Crippen LogP contribution in [0.4, 0.5) is 9.52 Å². The largest absolute Gasteiger partial charge is 0.287 e. The monoisotopic (exact) mass is 347 g/mol. The highest BCUT2D eigenvalue weighted by molar-refractivity contribution is 7.18. The third-order valence-electron chi connectivity index (χ3n) is 4.59. The Hall–Kier alpha value is -1.82. The summed E-state index contributed by atoms with van der Waals surface area (Å²) in [7, 11) is 0. The molecule has 128 valence electrons. The van der Waals surface area contributed by atoms with Crippen molar-refractivity contribution < 1.29 is 9.18 Å². The minimum Gasteiger partial charge on any atom is -0.287 e. The van der Waals surface area contributed by atoms with E-state index in [0.717, 1.165) is 12.0 Å². The van der Waals surface area contributed by atoms with Crippen molar-refractivity contribution in [1.29, 1.82) is 0 Å². The molecule has 0 radical (unpaired) electrons. The van der Waals surface area contributed by atoms with Gasteiger partial charge in [0, 0.05) is 18.5 Å². The van der Waals surface area contributed by atoms with Crippen molar-refractivity contribution in [2.75, 3.05) is 11.4 Å². The number of nitrogens with zero attached hydrogens (tertiary/aromatic N) is 3. The van der Waals surface area contributed by atoms with E-state index in [0.29, 0.717) is 29.0 Å². The molecular weight excluding hydrogens is 325 g/mol. The van der Waals surface area contributed by atoms with Crippen LogP contribution in [-0.4, -0.2) is 22.6 Å². The third kappa shape index (κ3) is 3.98. The van der Waals surface area contributed by atoms with E-state index in [-0.39, 0.29) is 11.7 Å². The number of hydrogen-bond acceptors (Lipinski definition) is 4. The molecule has 6 heteroatoms. The molecule has 2 aromatic rings. The predicted molar refractivity (Wildman–Crippen MR) is 94.5 cm³/mol. The van der Waals surface area contributed by atoms with Gasteiger partial charge in [0.2, 0.25) is 11.0 Å². The van der Waals surface area contributed by atoms with Crippen LogP contribution >= 0.6 is 11.3 Å². The van der Waals surface area contributed by atoms with Gasteiger partial charge in [-0.25, -0.2) is 4.39 Å². The van der Waals surface area contributed by atoms with E-state index in [9.17, 15) is 9.18 Å². The van der Waals surface area contributed by atoms with Crippen LogP contribution in [0.15, 0.2) is 24.3 Å². The molecule has 0 unspecified atom stereocenters. The smallest absolute Gasteiger partial charge is 0.228 e. The topological polar surface area (TPSA) is 46.1 Å². The van der Waals surface area contributed by atoms with Gasteiger partial charge < -0.3 is 0 Å². The number of aromatic nitrogens is 2. The van der Waals surface area contributed by atoms with Crippen LogP contribution in [0, 0.1) is 11.7 Å². The van der Waals surface area contributed by atoms with E-state index in [4.69, 9.17) is 0 Å². The highest BCUT2D eigenvalue weighted by Crippen LogP contribution is 2.31. The number of amides is 1. The standard InChI is InChI=1S/C18H22FN3OS/c1-2-22(16(23)12-7-13-5-3-4-6-13)18-21-20-17(24-18)14-8-10-15(19)11-9-14/h8-11,13H,2-7,12H2,1H3. The number of halogens is 1. The zero-order valence-corrected chi connectivity index (χ0v) is 14.7. The number of rotatable bonds is 6. The number of carbonyl (C=O) groups excluding carboxylic acids is 1. The second-order valence-corrected chi connectivity index (χ2v) is 7.18. The molecule has 1 aromatic carbocycles. The first kappa shape index (κ1) is 17.0. The molecule has 0 atom stereocenters. The summed E-state index contributed by atoms with van der Waals surface area (Å²) in [6, 6.07) is 6.16. The van der Waals surface area contributed by atoms with Gasteiger partial charge in [-0.15, -0.1) is 10.2 Å². The number of carbonyl (C=O) groups is 1. The zero-order valence-electron chi connectivity index (χ0n) is 13.9. The van der Waals surface area contributed by atoms with Gasteiger partial charge in [-0.3, -0.25) is 9.69 Å². The molecule has 24 heavy (non-hydrogen) atoms. The average molecular weight is 347 g/mol. The van der Waals surface area contributed by atoms with Gasteiger partial charge in [0.15, 0.2) is 0 Å². The highest BCUT2D eigenvalue weighted by atomic mass is 32.1. The van der Waals surface area contributed by atoms with E-state index < -0.39 is 0 Å². The van der Waals surface area contributed by atoms with Crippen LogP contribution in [0.25, 0.3) is 10.6 Å². The third-order valence-corrected chi connectivity index (χ3v) is 5.59. The van der Waals surface area contributed by atoms with Gasteiger partial charge in [0.25, 0.3) is 0 Å². The van der Waals surface area contributed by atoms with Crippen molar-refractivity contribution in [3.63, 3.8) is 0 Å². The Kier molecular flexibility index (Phi) is 5.56. The first-order valence-electron chi connectivity index (χ1n) is 8.57. The lowest BCUT2D eigenvalue weighted by Crippen LogP contribution is -2.30. The molecule has 0 spiro atoms. The Balaban J connectivity index is 1.66. The van der Waals surface area contributed by atoms with Crippen LogP contribution in [0.1, 0.15) is 45.4 Å². The normalized spacial score (nSPS) is 14.9. The van der Waals surface area contributed by atoms with Crippen LogP contribution < -0.4 is 4.90 Å². The Labute approximate surface area is 145 Å². The van der Waals surface area contributed by atoms with Crippen molar-refractivity contribution in [2.24, 2.45) is 5.92 Å². The van der Waals surface area contributed by atoms with Gasteiger partial charge in [-0.1, -0.05) is 37.0 Å². The van der Waals surface area contributed by atoms with Crippen molar-refractivity contribution in [3.8, 4) is 10.6 Å². The molecule has 4 nitrogen and oxygen atoms in total. The molecule has 3 rings (SSSR count). The van der Waals surface area contributed by atoms with E-state index in [1.807, 2.05) is 6.92 Å². The lowest BCUT2D eigenvalue weighted by Gasteiger charge is -2.18. The Bertz CT molecular complexity index is 680. The maximum absolute atomic E-state index is 13.0. The molecule has 0 saturated heterocycles. The van der Waals surface area contributed by atoms with E-state index in [1.165, 1.54) is 49.2 Å². The summed E-state index contributed by atoms with van der Waals surface area (Å²) in [6.45, 7) is 2.54. The molecule has 1 saturated carbocycles. The molecule has 1 fully saturated rings. The first-order valence-corrected chi connectivity index (χ1v) is 9.39. The number of anilines is 1. The van der Waals surface area contributed by atoms with E-state index >= 15 is 0 Å². The lowest BCUT2D eigenvalue weighted by atomic mass is 10.0. The maximum Gasteiger partial charge on any atom is 0.228 e. The van der Waals surface area contributed by atoms with Gasteiger partial charge >= 0.3 is 0 Å². The summed E-state index contributed by atoms with van der Waals surface area (Å²) in [4.78, 5) is 14.2. The SMILES string of the molecule is CCN(C(=O)CCC1CCCC1)c1nnc(-c2ccc(F)cc2)s1. The van der Waals surface area contributed by atoms with Crippen molar-refractivity contribution in [3.05, 3.63) is 30.1 Å². The summed E-state index contributed by atoms with van der Waals surface area (Å²) in [5, 5.41) is 9.64. The molecule has 0 N–H and O–H groups in total. The molecule has 1 aromatic heterocycles. The Morgan fingerprint density at radius 2 is 1.96 bits per heavy atom. The van der Waals surface area contributed by atoms with Crippen LogP contribution in [0.5, 0.6) is 0 Å². The molecular formula is C18H22FN3OS. The fourth-order valence-corrected chi connectivity index (χ4v) is 4.14. The Morgan fingerprint density at radius 3 is 2.62 bits per heavy atom. The summed E-state index contributed by atoms with van der Waals surface area (Å²) < 4.78 is 13.0. The summed E-state index contributed by atoms with van der Waals surface area (Å²) in [5.74, 6) is 0.545. The lowest BCUT2D eigenvalue weighted by molar-refractivity contribution is -0.118. The van der Waals surface area contributed by atoms with Crippen LogP contribution in [-0.2, 0) is 4.79 Å². The van der Waals surface area contributed by atoms with Gasteiger partial charge in [-0.05, 0) is 43.5 Å². The molecule has 0 aliphatic heterocycles. The second-order valence-electron chi connectivity index (χ2n) is 6.22. The fourth-order valence-electron chi connectivity index (χ4n) is 3.21. The van der Waals surface area contributed by atoms with E-state index in [2.05, 4.69) is 10.2 Å².